The molecule has 1 N–H and O–H groups in total. The number of hydrogen-bond acceptors (Lipinski definition) is 1. The van der Waals surface area contributed by atoms with E-state index in [1.54, 1.807) is 6.07 Å². The number of rotatable bonds is 2. The van der Waals surface area contributed by atoms with Crippen LogP contribution < -0.4 is 5.32 Å². The van der Waals surface area contributed by atoms with Gasteiger partial charge < -0.3 is 5.32 Å². The van der Waals surface area contributed by atoms with Gasteiger partial charge in [0.2, 0.25) is 0 Å². The van der Waals surface area contributed by atoms with E-state index >= 15 is 0 Å². The number of hydrogen-bond donors (Lipinski definition) is 1. The molecule has 2 nitrogen and oxygen atoms in total. The predicted octanol–water partition coefficient (Wildman–Crippen LogP) is 3.12. The lowest BCUT2D eigenvalue weighted by Gasteiger charge is -2.07. The lowest BCUT2D eigenvalue weighted by atomic mass is 10.1. The van der Waals surface area contributed by atoms with Crippen molar-refractivity contribution in [2.24, 2.45) is 5.41 Å². The Morgan fingerprint density at radius 1 is 1.56 bits per heavy atom. The van der Waals surface area contributed by atoms with Crippen LogP contribution in [-0.4, -0.2) is 11.9 Å². The third kappa shape index (κ3) is 2.26. The highest BCUT2D eigenvalue weighted by atomic mass is 79.9. The van der Waals surface area contributed by atoms with Gasteiger partial charge in [-0.25, -0.2) is 4.39 Å². The van der Waals surface area contributed by atoms with Gasteiger partial charge in [-0.3, -0.25) is 4.79 Å². The van der Waals surface area contributed by atoms with E-state index in [0.717, 1.165) is 6.42 Å². The number of nitrogens with one attached hydrogen (secondary N) is 1. The van der Waals surface area contributed by atoms with Crippen molar-refractivity contribution < 1.29 is 9.18 Å². The summed E-state index contributed by atoms with van der Waals surface area (Å²) in [5.41, 5.74) is 0.245. The number of benzene rings is 1. The van der Waals surface area contributed by atoms with Crippen LogP contribution in [0.4, 0.5) is 4.39 Å². The van der Waals surface area contributed by atoms with Crippen LogP contribution in [0.2, 0.25) is 0 Å². The molecule has 0 saturated heterocycles. The van der Waals surface area contributed by atoms with Crippen LogP contribution in [0.3, 0.4) is 0 Å². The molecule has 1 aromatic rings. The molecule has 2 rings (SSSR count). The second kappa shape index (κ2) is 3.84. The summed E-state index contributed by atoms with van der Waals surface area (Å²) in [6.07, 6.45) is 0.953. The van der Waals surface area contributed by atoms with Crippen LogP contribution in [0, 0.1) is 11.2 Å². The van der Waals surface area contributed by atoms with E-state index in [9.17, 15) is 9.18 Å². The minimum Gasteiger partial charge on any atom is -0.349 e. The first-order valence-corrected chi connectivity index (χ1v) is 5.95. The van der Waals surface area contributed by atoms with Crippen LogP contribution in [0.15, 0.2) is 22.7 Å². The number of amides is 1. The van der Waals surface area contributed by atoms with Gasteiger partial charge in [-0.15, -0.1) is 0 Å². The smallest absolute Gasteiger partial charge is 0.254 e. The molecule has 0 aromatic heterocycles. The Kier molecular flexibility index (Phi) is 2.78. The zero-order chi connectivity index (χ0) is 11.9. The van der Waals surface area contributed by atoms with Crippen molar-refractivity contribution in [3.63, 3.8) is 0 Å². The van der Waals surface area contributed by atoms with Gasteiger partial charge in [0.1, 0.15) is 5.82 Å². The molecule has 0 aliphatic heterocycles. The molecule has 1 aromatic carbocycles. The summed E-state index contributed by atoms with van der Waals surface area (Å²) < 4.78 is 14.1. The minimum atomic E-state index is -0.487. The SMILES string of the molecule is CC1(C)CC1NC(=O)c1cc(Br)ccc1F. The van der Waals surface area contributed by atoms with Crippen LogP contribution in [0.25, 0.3) is 0 Å². The van der Waals surface area contributed by atoms with Gasteiger partial charge >= 0.3 is 0 Å². The number of carbonyl (C=O) groups excluding carboxylic acids is 1. The van der Waals surface area contributed by atoms with Gasteiger partial charge in [0, 0.05) is 10.5 Å². The fourth-order valence-electron chi connectivity index (χ4n) is 1.62. The van der Waals surface area contributed by atoms with Crippen LogP contribution in [0.1, 0.15) is 30.6 Å². The van der Waals surface area contributed by atoms with E-state index in [2.05, 4.69) is 35.1 Å². The maximum absolute atomic E-state index is 13.4. The quantitative estimate of drug-likeness (QED) is 0.889. The largest absolute Gasteiger partial charge is 0.349 e. The van der Waals surface area contributed by atoms with Crippen molar-refractivity contribution in [1.29, 1.82) is 0 Å². The highest BCUT2D eigenvalue weighted by Crippen LogP contribution is 2.44. The molecule has 86 valence electrons. The Morgan fingerprint density at radius 3 is 2.75 bits per heavy atom. The predicted molar refractivity (Wildman–Crippen MR) is 63.8 cm³/mol. The second-order valence-electron chi connectivity index (χ2n) is 4.84. The van der Waals surface area contributed by atoms with Crippen LogP contribution in [-0.2, 0) is 0 Å². The summed E-state index contributed by atoms with van der Waals surface area (Å²) in [7, 11) is 0. The van der Waals surface area contributed by atoms with E-state index < -0.39 is 5.82 Å². The first-order chi connectivity index (χ1) is 7.40. The van der Waals surface area contributed by atoms with Crippen molar-refractivity contribution >= 4 is 21.8 Å². The highest BCUT2D eigenvalue weighted by Gasteiger charge is 2.46. The van der Waals surface area contributed by atoms with Gasteiger partial charge in [-0.2, -0.15) is 0 Å². The Balaban J connectivity index is 2.12. The molecule has 0 heterocycles. The lowest BCUT2D eigenvalue weighted by molar-refractivity contribution is 0.0942. The summed E-state index contributed by atoms with van der Waals surface area (Å²) in [5.74, 6) is -0.825. The zero-order valence-corrected chi connectivity index (χ0v) is 10.8. The lowest BCUT2D eigenvalue weighted by Crippen LogP contribution is -2.29. The molecule has 0 bridgehead atoms. The molecule has 1 saturated carbocycles. The van der Waals surface area contributed by atoms with Gasteiger partial charge in [0.25, 0.3) is 5.91 Å². The summed E-state index contributed by atoms with van der Waals surface area (Å²) >= 11 is 3.22. The Labute approximate surface area is 102 Å². The highest BCUT2D eigenvalue weighted by molar-refractivity contribution is 9.10. The minimum absolute atomic E-state index is 0.0945. The summed E-state index contributed by atoms with van der Waals surface area (Å²) in [4.78, 5) is 11.8. The average molecular weight is 286 g/mol. The molecule has 1 unspecified atom stereocenters. The van der Waals surface area contributed by atoms with E-state index in [1.165, 1.54) is 12.1 Å². The van der Waals surface area contributed by atoms with Gasteiger partial charge in [0.15, 0.2) is 0 Å². The molecule has 0 spiro atoms. The Hall–Kier alpha value is -0.900. The summed E-state index contributed by atoms with van der Waals surface area (Å²) in [6.45, 7) is 4.16. The third-order valence-corrected chi connectivity index (χ3v) is 3.49. The fourth-order valence-corrected chi connectivity index (χ4v) is 1.98. The van der Waals surface area contributed by atoms with E-state index in [-0.39, 0.29) is 22.9 Å². The zero-order valence-electron chi connectivity index (χ0n) is 9.18. The van der Waals surface area contributed by atoms with Gasteiger partial charge in [-0.1, -0.05) is 29.8 Å². The third-order valence-electron chi connectivity index (χ3n) is 2.99. The molecule has 16 heavy (non-hydrogen) atoms. The molecule has 1 fully saturated rings. The average Bonchev–Trinajstić information content (AvgIpc) is 2.77. The van der Waals surface area contributed by atoms with E-state index in [4.69, 9.17) is 0 Å². The molecule has 1 atom stereocenters. The molecule has 1 aliphatic carbocycles. The van der Waals surface area contributed by atoms with Crippen molar-refractivity contribution in [2.75, 3.05) is 0 Å². The maximum atomic E-state index is 13.4. The molecular formula is C12H13BrFNO. The van der Waals surface area contributed by atoms with Crippen molar-refractivity contribution in [1.82, 2.24) is 5.32 Å². The molecule has 0 radical (unpaired) electrons. The fraction of sp³-hybridized carbons (Fsp3) is 0.417. The molecular weight excluding hydrogens is 273 g/mol. The maximum Gasteiger partial charge on any atom is 0.254 e. The normalized spacial score (nSPS) is 21.6. The first kappa shape index (κ1) is 11.6. The van der Waals surface area contributed by atoms with Gasteiger partial charge in [0.05, 0.1) is 5.56 Å². The monoisotopic (exact) mass is 285 g/mol. The van der Waals surface area contributed by atoms with Crippen LogP contribution in [0.5, 0.6) is 0 Å². The summed E-state index contributed by atoms with van der Waals surface area (Å²) in [6, 6.07) is 4.53. The van der Waals surface area contributed by atoms with Crippen LogP contribution >= 0.6 is 15.9 Å². The standard InChI is InChI=1S/C12H13BrFNO/c1-12(2)6-10(12)15-11(16)8-5-7(13)3-4-9(8)14/h3-5,10H,6H2,1-2H3,(H,15,16). The van der Waals surface area contributed by atoms with Crippen molar-refractivity contribution in [2.45, 2.75) is 26.3 Å². The Morgan fingerprint density at radius 2 is 2.19 bits per heavy atom. The van der Waals surface area contributed by atoms with E-state index in [0.29, 0.717) is 4.47 Å². The Bertz CT molecular complexity index is 445. The van der Waals surface area contributed by atoms with Crippen molar-refractivity contribution in [3.05, 3.63) is 34.1 Å². The number of halogens is 2. The summed E-state index contributed by atoms with van der Waals surface area (Å²) in [5, 5.41) is 2.83. The van der Waals surface area contributed by atoms with Gasteiger partial charge in [-0.05, 0) is 30.0 Å². The van der Waals surface area contributed by atoms with Crippen molar-refractivity contribution in [3.8, 4) is 0 Å². The first-order valence-electron chi connectivity index (χ1n) is 5.16. The second-order valence-corrected chi connectivity index (χ2v) is 5.76. The molecule has 1 aliphatic rings. The van der Waals surface area contributed by atoms with E-state index in [1.807, 2.05) is 0 Å². The molecule has 4 heteroatoms. The number of carbonyl (C=O) groups is 1. The topological polar surface area (TPSA) is 29.1 Å². The molecule has 1 amide bonds.